The number of carbonyl (C=O) groups is 5. The van der Waals surface area contributed by atoms with E-state index in [4.69, 9.17) is 28.4 Å². The number of unbranched alkanes of at least 4 members (excludes halogenated alkanes) is 2. The maximum Gasteiger partial charge on any atom is 0.508 e. The van der Waals surface area contributed by atoms with Crippen molar-refractivity contribution >= 4 is 51.4 Å². The van der Waals surface area contributed by atoms with Crippen LogP contribution < -0.4 is 5.32 Å². The molecule has 3 amide bonds. The van der Waals surface area contributed by atoms with Crippen molar-refractivity contribution in [1.82, 2.24) is 10.2 Å². The Bertz CT molecular complexity index is 1550. The lowest BCUT2D eigenvalue weighted by Crippen LogP contribution is -2.70. The first-order valence-electron chi connectivity index (χ1n) is 17.8. The second-order valence-corrected chi connectivity index (χ2v) is 17.8. The summed E-state index contributed by atoms with van der Waals surface area (Å²) >= 11 is 0. The van der Waals surface area contributed by atoms with Crippen molar-refractivity contribution in [3.63, 3.8) is 0 Å². The van der Waals surface area contributed by atoms with Gasteiger partial charge in [-0.15, -0.1) is 0 Å². The van der Waals surface area contributed by atoms with Gasteiger partial charge in [0.15, 0.2) is 11.7 Å². The molecule has 0 radical (unpaired) electrons. The smallest absolute Gasteiger partial charge is 0.458 e. The predicted octanol–water partition coefficient (Wildman–Crippen LogP) is 3.25. The molecule has 50 heavy (non-hydrogen) atoms. The SMILES string of the molecule is CC(C)[C@]12O[C@H]1[C@@H]1O[C@]13[C@]1(O[C@H]1CC1C4=C(CC[C@@]13C)C(=O)OC4)[C@@H]2OC(=O)OCCSSCCNC(=O)CCCCCN1C(=O)C=CC1=O. The van der Waals surface area contributed by atoms with Crippen LogP contribution in [-0.4, -0.2) is 114 Å². The van der Waals surface area contributed by atoms with Gasteiger partial charge in [-0.05, 0) is 49.5 Å². The molecule has 3 saturated heterocycles. The lowest BCUT2D eigenvalue weighted by molar-refractivity contribution is -0.137. The van der Waals surface area contributed by atoms with Crippen molar-refractivity contribution in [2.45, 2.75) is 107 Å². The Morgan fingerprint density at radius 2 is 1.82 bits per heavy atom. The molecule has 8 aliphatic rings. The molecule has 1 N–H and O–H groups in total. The number of nitrogens with one attached hydrogen (secondary N) is 1. The van der Waals surface area contributed by atoms with Crippen LogP contribution in [0.25, 0.3) is 0 Å². The average molecular weight is 733 g/mol. The normalized spacial score (nSPS) is 39.6. The summed E-state index contributed by atoms with van der Waals surface area (Å²) in [5.41, 5.74) is -0.603. The van der Waals surface area contributed by atoms with Gasteiger partial charge in [0, 0.05) is 54.2 Å². The van der Waals surface area contributed by atoms with Gasteiger partial charge in [0.1, 0.15) is 36.6 Å². The highest BCUT2D eigenvalue weighted by Crippen LogP contribution is 2.83. The lowest BCUT2D eigenvalue weighted by atomic mass is 9.46. The number of hydrogen-bond acceptors (Lipinski definition) is 13. The van der Waals surface area contributed by atoms with Crippen LogP contribution in [0.3, 0.4) is 0 Å². The fourth-order valence-corrected chi connectivity index (χ4v) is 11.7. The van der Waals surface area contributed by atoms with E-state index in [1.165, 1.54) is 17.1 Å². The highest BCUT2D eigenvalue weighted by atomic mass is 33.1. The number of rotatable bonds is 15. The molecule has 5 heterocycles. The third kappa shape index (κ3) is 5.03. The Hall–Kier alpha value is -2.59. The van der Waals surface area contributed by atoms with Crippen molar-refractivity contribution in [1.29, 1.82) is 0 Å². The van der Waals surface area contributed by atoms with Crippen LogP contribution in [0.5, 0.6) is 0 Å². The largest absolute Gasteiger partial charge is 0.508 e. The molecule has 0 aromatic carbocycles. The second kappa shape index (κ2) is 12.5. The van der Waals surface area contributed by atoms with E-state index in [1.54, 1.807) is 21.6 Å². The van der Waals surface area contributed by atoms with Crippen LogP contribution in [-0.2, 0) is 47.6 Å². The molecular formula is C35H44N2O11S2. The van der Waals surface area contributed by atoms with Crippen LogP contribution in [0.4, 0.5) is 4.79 Å². The zero-order chi connectivity index (χ0) is 35.1. The second-order valence-electron chi connectivity index (χ2n) is 15.1. The van der Waals surface area contributed by atoms with Crippen molar-refractivity contribution in [2.24, 2.45) is 17.3 Å². The van der Waals surface area contributed by atoms with Crippen LogP contribution >= 0.6 is 21.6 Å². The third-order valence-corrected chi connectivity index (χ3v) is 14.8. The van der Waals surface area contributed by atoms with E-state index < -0.39 is 29.1 Å². The fraction of sp³-hybridized carbons (Fsp3) is 0.743. The summed E-state index contributed by atoms with van der Waals surface area (Å²) in [6, 6.07) is 0. The summed E-state index contributed by atoms with van der Waals surface area (Å²) in [7, 11) is 3.14. The molecule has 5 fully saturated rings. The van der Waals surface area contributed by atoms with Gasteiger partial charge in [-0.25, -0.2) is 9.59 Å². The molecule has 0 aromatic heterocycles. The molecule has 2 spiro atoms. The van der Waals surface area contributed by atoms with Gasteiger partial charge in [0.05, 0.1) is 6.10 Å². The lowest BCUT2D eigenvalue weighted by Gasteiger charge is -2.53. The maximum absolute atomic E-state index is 13.2. The van der Waals surface area contributed by atoms with Gasteiger partial charge in [-0.2, -0.15) is 0 Å². The summed E-state index contributed by atoms with van der Waals surface area (Å²) in [5, 5.41) is 2.91. The first-order chi connectivity index (χ1) is 24.0. The highest BCUT2D eigenvalue weighted by Gasteiger charge is 3.01. The molecule has 1 unspecified atom stereocenters. The minimum absolute atomic E-state index is 0.0260. The van der Waals surface area contributed by atoms with Gasteiger partial charge in [-0.1, -0.05) is 48.8 Å². The molecule has 0 aromatic rings. The number of epoxide rings is 3. The number of fused-ring (bicyclic) bond motifs is 4. The van der Waals surface area contributed by atoms with Gasteiger partial charge in [-0.3, -0.25) is 19.3 Å². The number of hydrogen-bond donors (Lipinski definition) is 1. The molecule has 272 valence electrons. The summed E-state index contributed by atoms with van der Waals surface area (Å²) in [6.45, 7) is 7.81. The Morgan fingerprint density at radius 3 is 2.60 bits per heavy atom. The number of esters is 1. The van der Waals surface area contributed by atoms with Crippen LogP contribution in [0.2, 0.25) is 0 Å². The molecule has 0 bridgehead atoms. The quantitative estimate of drug-likeness (QED) is 0.0859. The monoisotopic (exact) mass is 732 g/mol. The fourth-order valence-electron chi connectivity index (χ4n) is 9.95. The van der Waals surface area contributed by atoms with Gasteiger partial charge < -0.3 is 33.7 Å². The summed E-state index contributed by atoms with van der Waals surface area (Å²) in [5.74, 6) is 0.632. The van der Waals surface area contributed by atoms with E-state index in [0.29, 0.717) is 56.9 Å². The standard InChI is InChI=1S/C35H44N2O11S2/c1-19(2)33-27(47-33)28-35(48-28)32(3)11-10-20-21(18-44-29(20)41)22(32)17-23-34(35,46-23)30(33)45-31(42)43-14-16-50-49-15-12-36-24(38)7-5-4-6-13-37-25(39)8-9-26(37)40/h8-9,19,22-23,27-28,30H,4-7,10-18H2,1-3H3,(H,36,38)/t22?,23-,27-,28-,30+,32-,33-,34+,35+/m0/s1. The number of imide groups is 1. The Morgan fingerprint density at radius 1 is 1.04 bits per heavy atom. The van der Waals surface area contributed by atoms with Gasteiger partial charge in [0.25, 0.3) is 11.8 Å². The first-order valence-corrected chi connectivity index (χ1v) is 20.3. The minimum atomic E-state index is -0.817. The summed E-state index contributed by atoms with van der Waals surface area (Å²) in [6.07, 6.45) is 5.24. The minimum Gasteiger partial charge on any atom is -0.458 e. The number of amides is 3. The van der Waals surface area contributed by atoms with Crippen LogP contribution in [0, 0.1) is 17.3 Å². The molecule has 15 heteroatoms. The zero-order valence-electron chi connectivity index (χ0n) is 28.6. The number of cyclic esters (lactones) is 1. The predicted molar refractivity (Wildman–Crippen MR) is 180 cm³/mol. The molecule has 9 atom stereocenters. The number of nitrogens with zero attached hydrogens (tertiary/aromatic N) is 1. The van der Waals surface area contributed by atoms with Gasteiger partial charge in [0.2, 0.25) is 5.91 Å². The number of carbonyl (C=O) groups excluding carboxylic acids is 5. The van der Waals surface area contributed by atoms with E-state index in [2.05, 4.69) is 26.1 Å². The van der Waals surface area contributed by atoms with E-state index in [-0.39, 0.29) is 65.9 Å². The average Bonchev–Trinajstić information content (AvgIpc) is 4.01. The highest BCUT2D eigenvalue weighted by molar-refractivity contribution is 8.76. The third-order valence-electron chi connectivity index (χ3n) is 12.4. The van der Waals surface area contributed by atoms with Crippen molar-refractivity contribution < 1.29 is 52.4 Å². The molecule has 8 rings (SSSR count). The van der Waals surface area contributed by atoms with Crippen molar-refractivity contribution in [2.75, 3.05) is 37.8 Å². The van der Waals surface area contributed by atoms with E-state index in [1.807, 2.05) is 0 Å². The van der Waals surface area contributed by atoms with Crippen LogP contribution in [0.1, 0.15) is 65.7 Å². The Balaban J connectivity index is 0.772. The molecular weight excluding hydrogens is 689 g/mol. The topological polar surface area (TPSA) is 166 Å². The Kier molecular flexibility index (Phi) is 8.64. The van der Waals surface area contributed by atoms with E-state index in [0.717, 1.165) is 30.4 Å². The molecule has 13 nitrogen and oxygen atoms in total. The molecule has 3 aliphatic carbocycles. The Labute approximate surface area is 298 Å². The number of ether oxygens (including phenoxy) is 6. The summed E-state index contributed by atoms with van der Waals surface area (Å²) in [4.78, 5) is 62.1. The molecule has 2 saturated carbocycles. The summed E-state index contributed by atoms with van der Waals surface area (Å²) < 4.78 is 37.1. The van der Waals surface area contributed by atoms with Gasteiger partial charge >= 0.3 is 12.1 Å². The van der Waals surface area contributed by atoms with E-state index in [9.17, 15) is 24.0 Å². The van der Waals surface area contributed by atoms with Crippen LogP contribution in [0.15, 0.2) is 23.3 Å². The zero-order valence-corrected chi connectivity index (χ0v) is 30.2. The first kappa shape index (κ1) is 34.5. The van der Waals surface area contributed by atoms with E-state index >= 15 is 0 Å². The van der Waals surface area contributed by atoms with Crippen molar-refractivity contribution in [3.05, 3.63) is 23.3 Å². The molecule has 5 aliphatic heterocycles. The van der Waals surface area contributed by atoms with Crippen molar-refractivity contribution in [3.8, 4) is 0 Å². The maximum atomic E-state index is 13.2.